The Labute approximate surface area is 184 Å². The van der Waals surface area contributed by atoms with E-state index in [9.17, 15) is 23.1 Å². The Kier molecular flexibility index (Phi) is 4.94. The molecule has 3 aromatic rings. The monoisotopic (exact) mass is 459 g/mol. The minimum Gasteiger partial charge on any atom is -0.460 e. The molecular weight excluding hydrogens is 434 g/mol. The first-order valence-corrected chi connectivity index (χ1v) is 12.6. The van der Waals surface area contributed by atoms with Gasteiger partial charge in [-0.3, -0.25) is 4.79 Å². The topological polar surface area (TPSA) is 127 Å². The highest BCUT2D eigenvalue weighted by Crippen LogP contribution is 2.37. The summed E-state index contributed by atoms with van der Waals surface area (Å²) in [6, 6.07) is 1.11. The van der Waals surface area contributed by atoms with Gasteiger partial charge in [0.1, 0.15) is 16.9 Å². The predicted octanol–water partition coefficient (Wildman–Crippen LogP) is 1.85. The number of carbonyl (C=O) groups excluding carboxylic acids is 1. The van der Waals surface area contributed by atoms with Gasteiger partial charge in [0, 0.05) is 28.3 Å². The van der Waals surface area contributed by atoms with E-state index < -0.39 is 33.5 Å². The molecule has 5 rings (SSSR count). The van der Waals surface area contributed by atoms with E-state index in [4.69, 9.17) is 8.83 Å². The SMILES string of the molecule is Cc1c(CC(=O)N[C@@H]2CS(=O)(=O)C[C@@H]2O)c(=O)oc2c(C)c3oc4c(c3cc12)CCCC4. The van der Waals surface area contributed by atoms with Gasteiger partial charge in [-0.25, -0.2) is 13.2 Å². The van der Waals surface area contributed by atoms with Crippen LogP contribution >= 0.6 is 0 Å². The predicted molar refractivity (Wildman–Crippen MR) is 119 cm³/mol. The summed E-state index contributed by atoms with van der Waals surface area (Å²) >= 11 is 0. The average molecular weight is 460 g/mol. The standard InChI is InChI=1S/C23H25NO7S/c1-11-14-7-16-13-5-3-4-6-19(13)30-22(16)12(2)21(14)31-23(27)15(11)8-20(26)24-17-9-32(28,29)10-18(17)25/h7,17-18,25H,3-6,8-10H2,1-2H3,(H,24,26)/t17-,18+/m1/s1. The van der Waals surface area contributed by atoms with Crippen molar-refractivity contribution in [1.82, 2.24) is 5.32 Å². The van der Waals surface area contributed by atoms with Gasteiger partial charge in [0.2, 0.25) is 5.91 Å². The summed E-state index contributed by atoms with van der Waals surface area (Å²) in [5.41, 5.74) is 3.44. The van der Waals surface area contributed by atoms with Crippen molar-refractivity contribution in [2.45, 2.75) is 58.1 Å². The number of fused-ring (bicyclic) bond motifs is 4. The highest BCUT2D eigenvalue weighted by atomic mass is 32.2. The number of amides is 1. The lowest BCUT2D eigenvalue weighted by Gasteiger charge is -2.15. The van der Waals surface area contributed by atoms with Gasteiger partial charge in [0.05, 0.1) is 35.6 Å². The van der Waals surface area contributed by atoms with Crippen LogP contribution in [0.1, 0.15) is 40.9 Å². The molecule has 3 heterocycles. The van der Waals surface area contributed by atoms with Crippen LogP contribution in [0.4, 0.5) is 0 Å². The fourth-order valence-corrected chi connectivity index (χ4v) is 6.75. The number of hydrogen-bond donors (Lipinski definition) is 2. The number of aryl methyl sites for hydroxylation is 4. The fourth-order valence-electron chi connectivity index (χ4n) is 5.01. The number of nitrogens with one attached hydrogen (secondary N) is 1. The number of benzene rings is 1. The van der Waals surface area contributed by atoms with Crippen molar-refractivity contribution in [3.8, 4) is 0 Å². The molecule has 0 unspecified atom stereocenters. The van der Waals surface area contributed by atoms with Gasteiger partial charge in [0.15, 0.2) is 9.84 Å². The number of furan rings is 1. The van der Waals surface area contributed by atoms with Crippen molar-refractivity contribution < 1.29 is 27.2 Å². The van der Waals surface area contributed by atoms with E-state index in [0.717, 1.165) is 53.4 Å². The average Bonchev–Trinajstić information content (AvgIpc) is 3.22. The van der Waals surface area contributed by atoms with E-state index in [1.807, 2.05) is 13.0 Å². The molecule has 9 heteroatoms. The second kappa shape index (κ2) is 7.45. The van der Waals surface area contributed by atoms with Gasteiger partial charge in [-0.2, -0.15) is 0 Å². The number of aliphatic hydroxyl groups is 1. The molecule has 2 N–H and O–H groups in total. The smallest absolute Gasteiger partial charge is 0.340 e. The fraction of sp³-hybridized carbons (Fsp3) is 0.478. The molecule has 1 amide bonds. The van der Waals surface area contributed by atoms with Gasteiger partial charge in [-0.15, -0.1) is 0 Å². The van der Waals surface area contributed by atoms with Crippen LogP contribution in [-0.4, -0.2) is 43.1 Å². The third kappa shape index (κ3) is 3.44. The Bertz CT molecular complexity index is 1430. The van der Waals surface area contributed by atoms with Crippen molar-refractivity contribution in [1.29, 1.82) is 0 Å². The summed E-state index contributed by atoms with van der Waals surface area (Å²) in [6.07, 6.45) is 2.64. The second-order valence-corrected chi connectivity index (χ2v) is 11.1. The van der Waals surface area contributed by atoms with Crippen LogP contribution in [0.3, 0.4) is 0 Å². The molecule has 1 fully saturated rings. The Morgan fingerprint density at radius 2 is 1.81 bits per heavy atom. The highest BCUT2D eigenvalue weighted by molar-refractivity contribution is 7.91. The number of rotatable bonds is 3. The minimum absolute atomic E-state index is 0.224. The van der Waals surface area contributed by atoms with Crippen molar-refractivity contribution in [3.05, 3.63) is 44.5 Å². The van der Waals surface area contributed by atoms with Crippen molar-refractivity contribution in [3.63, 3.8) is 0 Å². The maximum absolute atomic E-state index is 12.8. The van der Waals surface area contributed by atoms with Crippen LogP contribution in [0.25, 0.3) is 21.9 Å². The van der Waals surface area contributed by atoms with Crippen LogP contribution in [0, 0.1) is 13.8 Å². The summed E-state index contributed by atoms with van der Waals surface area (Å²) < 4.78 is 35.1. The zero-order valence-corrected chi connectivity index (χ0v) is 18.8. The third-order valence-corrected chi connectivity index (χ3v) is 8.45. The largest absolute Gasteiger partial charge is 0.460 e. The molecule has 0 bridgehead atoms. The molecule has 0 saturated carbocycles. The molecule has 1 saturated heterocycles. The highest BCUT2D eigenvalue weighted by Gasteiger charge is 2.37. The van der Waals surface area contributed by atoms with Crippen LogP contribution in [0.2, 0.25) is 0 Å². The van der Waals surface area contributed by atoms with E-state index in [1.165, 1.54) is 5.56 Å². The molecule has 0 radical (unpaired) electrons. The first-order chi connectivity index (χ1) is 15.1. The summed E-state index contributed by atoms with van der Waals surface area (Å²) in [6.45, 7) is 3.66. The second-order valence-electron chi connectivity index (χ2n) is 8.95. The Hall–Kier alpha value is -2.65. The first-order valence-electron chi connectivity index (χ1n) is 10.8. The summed E-state index contributed by atoms with van der Waals surface area (Å²) in [5, 5.41) is 14.2. The summed E-state index contributed by atoms with van der Waals surface area (Å²) in [7, 11) is -3.39. The van der Waals surface area contributed by atoms with Crippen molar-refractivity contribution in [2.75, 3.05) is 11.5 Å². The lowest BCUT2D eigenvalue weighted by atomic mass is 9.93. The zero-order valence-electron chi connectivity index (χ0n) is 18.0. The molecule has 1 aliphatic carbocycles. The van der Waals surface area contributed by atoms with Crippen LogP contribution in [0.15, 0.2) is 19.7 Å². The van der Waals surface area contributed by atoms with Gasteiger partial charge < -0.3 is 19.3 Å². The van der Waals surface area contributed by atoms with E-state index >= 15 is 0 Å². The number of aliphatic hydroxyl groups excluding tert-OH is 1. The molecule has 2 atom stereocenters. The van der Waals surface area contributed by atoms with E-state index in [0.29, 0.717) is 11.1 Å². The maximum Gasteiger partial charge on any atom is 0.340 e. The Morgan fingerprint density at radius 3 is 2.53 bits per heavy atom. The van der Waals surface area contributed by atoms with Gasteiger partial charge in [-0.05, 0) is 44.7 Å². The van der Waals surface area contributed by atoms with Crippen molar-refractivity contribution in [2.24, 2.45) is 0 Å². The summed E-state index contributed by atoms with van der Waals surface area (Å²) in [5.74, 6) is -0.221. The van der Waals surface area contributed by atoms with E-state index in [1.54, 1.807) is 6.92 Å². The molecular formula is C23H25NO7S. The lowest BCUT2D eigenvalue weighted by molar-refractivity contribution is -0.121. The quantitative estimate of drug-likeness (QED) is 0.572. The number of hydrogen-bond acceptors (Lipinski definition) is 7. The van der Waals surface area contributed by atoms with Crippen LogP contribution < -0.4 is 10.9 Å². The summed E-state index contributed by atoms with van der Waals surface area (Å²) in [4.78, 5) is 25.3. The zero-order chi connectivity index (χ0) is 22.8. The van der Waals surface area contributed by atoms with Crippen LogP contribution in [0.5, 0.6) is 0 Å². The molecule has 170 valence electrons. The Balaban J connectivity index is 1.53. The van der Waals surface area contributed by atoms with E-state index in [2.05, 4.69) is 5.32 Å². The maximum atomic E-state index is 12.8. The van der Waals surface area contributed by atoms with Gasteiger partial charge >= 0.3 is 5.63 Å². The third-order valence-electron chi connectivity index (χ3n) is 6.73. The number of sulfone groups is 1. The number of carbonyl (C=O) groups is 1. The molecule has 1 aromatic carbocycles. The normalized spacial score (nSPS) is 22.3. The van der Waals surface area contributed by atoms with E-state index in [-0.39, 0.29) is 23.5 Å². The molecule has 2 aromatic heterocycles. The molecule has 1 aliphatic heterocycles. The Morgan fingerprint density at radius 1 is 1.09 bits per heavy atom. The first kappa shape index (κ1) is 21.2. The van der Waals surface area contributed by atoms with Gasteiger partial charge in [-0.1, -0.05) is 0 Å². The van der Waals surface area contributed by atoms with Crippen molar-refractivity contribution >= 4 is 37.7 Å². The van der Waals surface area contributed by atoms with Gasteiger partial charge in [0.25, 0.3) is 0 Å². The molecule has 0 spiro atoms. The molecule has 8 nitrogen and oxygen atoms in total. The lowest BCUT2D eigenvalue weighted by Crippen LogP contribution is -2.43. The molecule has 32 heavy (non-hydrogen) atoms. The minimum atomic E-state index is -3.39. The van der Waals surface area contributed by atoms with Crippen LogP contribution in [-0.2, 0) is 33.9 Å². The molecule has 2 aliphatic rings.